The molecule has 0 bridgehead atoms. The van der Waals surface area contributed by atoms with Crippen LogP contribution in [0.4, 0.5) is 11.5 Å². The van der Waals surface area contributed by atoms with Gasteiger partial charge in [-0.3, -0.25) is 4.79 Å². The fourth-order valence-corrected chi connectivity index (χ4v) is 3.87. The molecular weight excluding hydrogens is 407 g/mol. The molecule has 5 nitrogen and oxygen atoms in total. The van der Waals surface area contributed by atoms with E-state index in [4.69, 9.17) is 23.2 Å². The molecule has 1 atom stereocenters. The van der Waals surface area contributed by atoms with Crippen molar-refractivity contribution in [1.29, 1.82) is 0 Å². The third kappa shape index (κ3) is 4.52. The van der Waals surface area contributed by atoms with Crippen LogP contribution in [0.5, 0.6) is 0 Å². The molecule has 1 fully saturated rings. The minimum atomic E-state index is -0.158. The molecule has 2 heterocycles. The van der Waals surface area contributed by atoms with Crippen LogP contribution < -0.4 is 10.2 Å². The van der Waals surface area contributed by atoms with Crippen LogP contribution in [0.25, 0.3) is 11.3 Å². The first-order chi connectivity index (χ1) is 14.1. The van der Waals surface area contributed by atoms with Gasteiger partial charge < -0.3 is 10.2 Å². The zero-order chi connectivity index (χ0) is 20.2. The molecule has 0 spiro atoms. The van der Waals surface area contributed by atoms with Crippen molar-refractivity contribution in [2.75, 3.05) is 23.3 Å². The second-order valence-corrected chi connectivity index (χ2v) is 7.79. The molecule has 29 heavy (non-hydrogen) atoms. The summed E-state index contributed by atoms with van der Waals surface area (Å²) in [5, 5.41) is 3.70. The molecule has 1 aliphatic rings. The number of rotatable bonds is 4. The first kappa shape index (κ1) is 19.7. The normalized spacial score (nSPS) is 16.5. The first-order valence-electron chi connectivity index (χ1n) is 9.49. The number of nitrogens with zero attached hydrogens (tertiary/aromatic N) is 3. The van der Waals surface area contributed by atoms with E-state index in [0.717, 1.165) is 36.5 Å². The summed E-state index contributed by atoms with van der Waals surface area (Å²) < 4.78 is 0. The summed E-state index contributed by atoms with van der Waals surface area (Å²) >= 11 is 12.2. The number of anilines is 2. The number of carbonyl (C=O) groups is 1. The largest absolute Gasteiger partial charge is 0.356 e. The van der Waals surface area contributed by atoms with Crippen LogP contribution in [-0.2, 0) is 4.79 Å². The van der Waals surface area contributed by atoms with E-state index < -0.39 is 0 Å². The van der Waals surface area contributed by atoms with E-state index in [-0.39, 0.29) is 11.8 Å². The molecule has 1 aliphatic heterocycles. The van der Waals surface area contributed by atoms with Gasteiger partial charge in [0.1, 0.15) is 12.1 Å². The fourth-order valence-electron chi connectivity index (χ4n) is 3.52. The molecular formula is C22H20Cl2N4O. The Morgan fingerprint density at radius 1 is 1.07 bits per heavy atom. The third-order valence-electron chi connectivity index (χ3n) is 5.05. The molecule has 4 rings (SSSR count). The van der Waals surface area contributed by atoms with Gasteiger partial charge in [-0.2, -0.15) is 0 Å². The van der Waals surface area contributed by atoms with Gasteiger partial charge in [-0.1, -0.05) is 59.6 Å². The van der Waals surface area contributed by atoms with Crippen molar-refractivity contribution in [1.82, 2.24) is 9.97 Å². The minimum Gasteiger partial charge on any atom is -0.356 e. The van der Waals surface area contributed by atoms with Crippen molar-refractivity contribution in [2.24, 2.45) is 5.92 Å². The number of carbonyl (C=O) groups excluding carboxylic acids is 1. The quantitative estimate of drug-likeness (QED) is 0.614. The molecule has 7 heteroatoms. The van der Waals surface area contributed by atoms with Crippen molar-refractivity contribution < 1.29 is 4.79 Å². The van der Waals surface area contributed by atoms with Crippen molar-refractivity contribution in [3.05, 3.63) is 71.0 Å². The molecule has 1 unspecified atom stereocenters. The van der Waals surface area contributed by atoms with E-state index in [2.05, 4.69) is 20.2 Å². The van der Waals surface area contributed by atoms with Crippen LogP contribution >= 0.6 is 23.2 Å². The summed E-state index contributed by atoms with van der Waals surface area (Å²) in [4.78, 5) is 23.8. The molecule has 1 saturated heterocycles. The number of hydrogen-bond acceptors (Lipinski definition) is 4. The molecule has 1 amide bonds. The van der Waals surface area contributed by atoms with Gasteiger partial charge in [0.2, 0.25) is 5.91 Å². The molecule has 0 aliphatic carbocycles. The van der Waals surface area contributed by atoms with E-state index in [0.29, 0.717) is 22.3 Å². The summed E-state index contributed by atoms with van der Waals surface area (Å²) in [7, 11) is 0. The van der Waals surface area contributed by atoms with Crippen molar-refractivity contribution in [3.63, 3.8) is 0 Å². The van der Waals surface area contributed by atoms with Crippen molar-refractivity contribution in [2.45, 2.75) is 12.8 Å². The number of nitrogens with one attached hydrogen (secondary N) is 1. The average molecular weight is 427 g/mol. The molecule has 3 aromatic rings. The number of piperidine rings is 1. The Balaban J connectivity index is 1.48. The van der Waals surface area contributed by atoms with E-state index in [9.17, 15) is 4.79 Å². The van der Waals surface area contributed by atoms with Crippen LogP contribution in [0.15, 0.2) is 60.9 Å². The predicted octanol–water partition coefficient (Wildman–Crippen LogP) is 5.31. The fraction of sp³-hybridized carbons (Fsp3) is 0.227. The van der Waals surface area contributed by atoms with Crippen LogP contribution in [0.2, 0.25) is 10.0 Å². The Labute approximate surface area is 179 Å². The number of aromatic nitrogens is 2. The van der Waals surface area contributed by atoms with E-state index in [1.165, 1.54) is 0 Å². The first-order valence-corrected chi connectivity index (χ1v) is 10.2. The van der Waals surface area contributed by atoms with Gasteiger partial charge in [0.05, 0.1) is 27.3 Å². The second kappa shape index (κ2) is 8.80. The van der Waals surface area contributed by atoms with Crippen LogP contribution in [0.1, 0.15) is 12.8 Å². The standard InChI is InChI=1S/C22H20Cl2N4O/c23-17-9-4-10-18(21(17)24)27-22(29)16-8-5-11-28(13-16)20-12-19(25-14-26-20)15-6-2-1-3-7-15/h1-4,6-7,9-10,12,14,16H,5,8,11,13H2,(H,27,29). The Hall–Kier alpha value is -2.63. The van der Waals surface area contributed by atoms with Crippen LogP contribution in [0, 0.1) is 5.92 Å². The predicted molar refractivity (Wildman–Crippen MR) is 117 cm³/mol. The topological polar surface area (TPSA) is 58.1 Å². The van der Waals surface area contributed by atoms with Gasteiger partial charge in [0.15, 0.2) is 0 Å². The minimum absolute atomic E-state index is 0.0591. The number of benzene rings is 2. The monoisotopic (exact) mass is 426 g/mol. The molecule has 2 aromatic carbocycles. The highest BCUT2D eigenvalue weighted by Gasteiger charge is 2.27. The zero-order valence-corrected chi connectivity index (χ0v) is 17.2. The Morgan fingerprint density at radius 2 is 1.90 bits per heavy atom. The average Bonchev–Trinajstić information content (AvgIpc) is 2.78. The molecule has 148 valence electrons. The SMILES string of the molecule is O=C(Nc1cccc(Cl)c1Cl)C1CCCN(c2cc(-c3ccccc3)ncn2)C1. The van der Waals surface area contributed by atoms with Gasteiger partial charge in [-0.05, 0) is 25.0 Å². The Kier molecular flexibility index (Phi) is 5.97. The smallest absolute Gasteiger partial charge is 0.229 e. The summed E-state index contributed by atoms with van der Waals surface area (Å²) in [6.45, 7) is 1.45. The highest BCUT2D eigenvalue weighted by atomic mass is 35.5. The lowest BCUT2D eigenvalue weighted by Crippen LogP contribution is -2.41. The van der Waals surface area contributed by atoms with Gasteiger partial charge >= 0.3 is 0 Å². The maximum Gasteiger partial charge on any atom is 0.229 e. The molecule has 1 aromatic heterocycles. The summed E-state index contributed by atoms with van der Waals surface area (Å²) in [6, 6.07) is 17.2. The van der Waals surface area contributed by atoms with Gasteiger partial charge in [0.25, 0.3) is 0 Å². The highest BCUT2D eigenvalue weighted by Crippen LogP contribution is 2.31. The maximum absolute atomic E-state index is 12.8. The zero-order valence-electron chi connectivity index (χ0n) is 15.7. The second-order valence-electron chi connectivity index (χ2n) is 7.00. The van der Waals surface area contributed by atoms with E-state index >= 15 is 0 Å². The Bertz CT molecular complexity index is 1010. The summed E-state index contributed by atoms with van der Waals surface area (Å²) in [5.74, 6) is 0.613. The lowest BCUT2D eigenvalue weighted by molar-refractivity contribution is -0.120. The lowest BCUT2D eigenvalue weighted by atomic mass is 9.97. The summed E-state index contributed by atoms with van der Waals surface area (Å²) in [6.07, 6.45) is 3.30. The van der Waals surface area contributed by atoms with Crippen LogP contribution in [0.3, 0.4) is 0 Å². The van der Waals surface area contributed by atoms with Gasteiger partial charge in [0, 0.05) is 24.7 Å². The van der Waals surface area contributed by atoms with Gasteiger partial charge in [-0.25, -0.2) is 9.97 Å². The molecule has 0 radical (unpaired) electrons. The van der Waals surface area contributed by atoms with E-state index in [1.807, 2.05) is 36.4 Å². The lowest BCUT2D eigenvalue weighted by Gasteiger charge is -2.33. The number of amides is 1. The Morgan fingerprint density at radius 3 is 2.72 bits per heavy atom. The number of halogens is 2. The number of hydrogen-bond donors (Lipinski definition) is 1. The van der Waals surface area contributed by atoms with Crippen LogP contribution in [-0.4, -0.2) is 29.0 Å². The van der Waals surface area contributed by atoms with Gasteiger partial charge in [-0.15, -0.1) is 0 Å². The van der Waals surface area contributed by atoms with Crippen molar-refractivity contribution >= 4 is 40.6 Å². The molecule has 1 N–H and O–H groups in total. The van der Waals surface area contributed by atoms with E-state index in [1.54, 1.807) is 24.5 Å². The summed E-state index contributed by atoms with van der Waals surface area (Å²) in [5.41, 5.74) is 2.45. The maximum atomic E-state index is 12.8. The third-order valence-corrected chi connectivity index (χ3v) is 5.87. The molecule has 0 saturated carbocycles. The van der Waals surface area contributed by atoms with Crippen molar-refractivity contribution in [3.8, 4) is 11.3 Å². The highest BCUT2D eigenvalue weighted by molar-refractivity contribution is 6.44.